The molecule has 25 heavy (non-hydrogen) atoms. The third-order valence-electron chi connectivity index (χ3n) is 3.40. The van der Waals surface area contributed by atoms with E-state index in [-0.39, 0.29) is 0 Å². The van der Waals surface area contributed by atoms with E-state index in [0.29, 0.717) is 0 Å². The van der Waals surface area contributed by atoms with E-state index in [1.807, 2.05) is 0 Å². The van der Waals surface area contributed by atoms with Crippen molar-refractivity contribution in [2.75, 3.05) is 0 Å². The van der Waals surface area contributed by atoms with Crippen molar-refractivity contribution in [3.8, 4) is 0 Å². The summed E-state index contributed by atoms with van der Waals surface area (Å²) in [5, 5.41) is 0. The molecule has 0 bridgehead atoms. The summed E-state index contributed by atoms with van der Waals surface area (Å²) >= 11 is 0. The van der Waals surface area contributed by atoms with E-state index in [9.17, 15) is 43.9 Å². The third-order valence-corrected chi connectivity index (χ3v) is 3.40. The Balaban J connectivity index is 2.58. The molecule has 0 aromatic heterocycles. The number of hydrogen-bond acceptors (Lipinski definition) is 0. The summed E-state index contributed by atoms with van der Waals surface area (Å²) in [5.74, 6) is -25.5. The van der Waals surface area contributed by atoms with Crippen LogP contribution in [0, 0.1) is 65.1 Å². The van der Waals surface area contributed by atoms with Crippen molar-refractivity contribution < 1.29 is 43.9 Å². The van der Waals surface area contributed by atoms with E-state index in [0.717, 1.165) is 0 Å². The Hall–Kier alpha value is -2.26. The van der Waals surface area contributed by atoms with Gasteiger partial charge in [0.1, 0.15) is 0 Å². The number of rotatable bonds is 3. The Kier molecular flexibility index (Phi) is 5.01. The first-order valence-electron chi connectivity index (χ1n) is 6.35. The third kappa shape index (κ3) is 2.93. The molecule has 10 heteroatoms. The first-order chi connectivity index (χ1) is 11.5. The second kappa shape index (κ2) is 6.57. The van der Waals surface area contributed by atoms with E-state index < -0.39 is 81.6 Å². The zero-order valence-electron chi connectivity index (χ0n) is 11.8. The fourth-order valence-electron chi connectivity index (χ4n) is 2.16. The van der Waals surface area contributed by atoms with E-state index >= 15 is 0 Å². The molecule has 0 nitrogen and oxygen atoms in total. The first-order valence-corrected chi connectivity index (χ1v) is 6.35. The molecule has 0 aliphatic carbocycles. The van der Waals surface area contributed by atoms with Gasteiger partial charge in [0.05, 0.1) is 0 Å². The molecule has 1 radical (unpaired) electrons. The molecule has 1 atom stereocenters. The van der Waals surface area contributed by atoms with Crippen LogP contribution in [0.15, 0.2) is 0 Å². The minimum Gasteiger partial charge on any atom is -0.203 e. The van der Waals surface area contributed by atoms with Gasteiger partial charge in [0.25, 0.3) is 0 Å². The first kappa shape index (κ1) is 19.1. The lowest BCUT2D eigenvalue weighted by Crippen LogP contribution is -2.14. The van der Waals surface area contributed by atoms with Gasteiger partial charge in [-0.2, -0.15) is 0 Å². The van der Waals surface area contributed by atoms with Gasteiger partial charge in [-0.15, -0.1) is 0 Å². The Morgan fingerprint density at radius 1 is 0.480 bits per heavy atom. The standard InChI is InChI=1S/C15H5F10/c1-3(5-8(18)12(22)15(25)13(23)9(5)19)2-4-6(16)10(20)14(24)11(21)7(4)17/h3H,1-2H2. The molecule has 0 aliphatic rings. The lowest BCUT2D eigenvalue weighted by molar-refractivity contribution is 0.360. The van der Waals surface area contributed by atoms with E-state index in [1.54, 1.807) is 0 Å². The molecule has 2 aromatic carbocycles. The fraction of sp³-hybridized carbons (Fsp3) is 0.133. The molecule has 0 heterocycles. The maximum Gasteiger partial charge on any atom is 0.200 e. The highest BCUT2D eigenvalue weighted by atomic mass is 19.2. The summed E-state index contributed by atoms with van der Waals surface area (Å²) in [7, 11) is 0. The summed E-state index contributed by atoms with van der Waals surface area (Å²) in [6.45, 7) is 2.99. The SMILES string of the molecule is [CH2]C(Cc1c(F)c(F)c(F)c(F)c1F)c1c(F)c(F)c(F)c(F)c1F. The molecule has 0 aliphatic heterocycles. The van der Waals surface area contributed by atoms with Crippen LogP contribution in [0.2, 0.25) is 0 Å². The van der Waals surface area contributed by atoms with Gasteiger partial charge in [-0.25, -0.2) is 43.9 Å². The molecule has 0 saturated heterocycles. The van der Waals surface area contributed by atoms with Gasteiger partial charge in [-0.05, 0) is 19.3 Å². The lowest BCUT2D eigenvalue weighted by Gasteiger charge is -2.16. The van der Waals surface area contributed by atoms with Gasteiger partial charge in [-0.3, -0.25) is 0 Å². The van der Waals surface area contributed by atoms with Crippen LogP contribution in [-0.4, -0.2) is 0 Å². The summed E-state index contributed by atoms with van der Waals surface area (Å²) in [6.07, 6.45) is -1.32. The normalized spacial score (nSPS) is 12.6. The molecular formula is C15H5F10. The molecule has 0 amide bonds. The van der Waals surface area contributed by atoms with Crippen molar-refractivity contribution in [1.82, 2.24) is 0 Å². The van der Waals surface area contributed by atoms with E-state index in [2.05, 4.69) is 6.92 Å². The van der Waals surface area contributed by atoms with Crippen molar-refractivity contribution in [3.05, 3.63) is 76.2 Å². The van der Waals surface area contributed by atoms with Crippen molar-refractivity contribution in [2.45, 2.75) is 12.3 Å². The van der Waals surface area contributed by atoms with E-state index in [1.165, 1.54) is 0 Å². The van der Waals surface area contributed by atoms with Gasteiger partial charge in [0, 0.05) is 11.1 Å². The van der Waals surface area contributed by atoms with Crippen LogP contribution in [-0.2, 0) is 6.42 Å². The van der Waals surface area contributed by atoms with Gasteiger partial charge in [0.15, 0.2) is 46.5 Å². The molecular weight excluding hydrogens is 370 g/mol. The monoisotopic (exact) mass is 375 g/mol. The van der Waals surface area contributed by atoms with E-state index in [4.69, 9.17) is 0 Å². The van der Waals surface area contributed by atoms with Gasteiger partial charge in [-0.1, -0.05) is 0 Å². The Bertz CT molecular complexity index is 800. The van der Waals surface area contributed by atoms with Crippen LogP contribution < -0.4 is 0 Å². The highest BCUT2D eigenvalue weighted by molar-refractivity contribution is 5.32. The molecule has 135 valence electrons. The molecule has 0 spiro atoms. The van der Waals surface area contributed by atoms with Crippen molar-refractivity contribution in [3.63, 3.8) is 0 Å². The smallest absolute Gasteiger partial charge is 0.200 e. The highest BCUT2D eigenvalue weighted by Crippen LogP contribution is 2.33. The minimum atomic E-state index is -2.47. The lowest BCUT2D eigenvalue weighted by atomic mass is 9.91. The number of halogens is 10. The molecule has 1 unspecified atom stereocenters. The van der Waals surface area contributed by atoms with Crippen LogP contribution in [0.4, 0.5) is 43.9 Å². The number of benzene rings is 2. The van der Waals surface area contributed by atoms with Crippen LogP contribution in [0.5, 0.6) is 0 Å². The Morgan fingerprint density at radius 3 is 1.12 bits per heavy atom. The van der Waals surface area contributed by atoms with Crippen molar-refractivity contribution in [1.29, 1.82) is 0 Å². The molecule has 0 saturated carbocycles. The van der Waals surface area contributed by atoms with Crippen LogP contribution in [0.25, 0.3) is 0 Å². The molecule has 0 fully saturated rings. The average molecular weight is 375 g/mol. The quantitative estimate of drug-likeness (QED) is 0.391. The predicted molar refractivity (Wildman–Crippen MR) is 64.3 cm³/mol. The Labute approximate surface area is 133 Å². The average Bonchev–Trinajstić information content (AvgIpc) is 2.58. The van der Waals surface area contributed by atoms with Gasteiger partial charge in [0.2, 0.25) is 11.6 Å². The molecule has 0 N–H and O–H groups in total. The van der Waals surface area contributed by atoms with Crippen molar-refractivity contribution in [2.24, 2.45) is 0 Å². The zero-order chi connectivity index (χ0) is 19.2. The largest absolute Gasteiger partial charge is 0.203 e. The summed E-state index contributed by atoms with van der Waals surface area (Å²) < 4.78 is 133. The van der Waals surface area contributed by atoms with Crippen LogP contribution >= 0.6 is 0 Å². The summed E-state index contributed by atoms with van der Waals surface area (Å²) in [6, 6.07) is 0. The summed E-state index contributed by atoms with van der Waals surface area (Å²) in [5.41, 5.74) is -3.04. The zero-order valence-corrected chi connectivity index (χ0v) is 11.8. The van der Waals surface area contributed by atoms with Gasteiger partial charge < -0.3 is 0 Å². The second-order valence-corrected chi connectivity index (χ2v) is 4.93. The number of hydrogen-bond donors (Lipinski definition) is 0. The Morgan fingerprint density at radius 2 is 0.760 bits per heavy atom. The molecule has 2 rings (SSSR count). The van der Waals surface area contributed by atoms with Crippen molar-refractivity contribution >= 4 is 0 Å². The molecule has 2 aromatic rings. The highest BCUT2D eigenvalue weighted by Gasteiger charge is 2.32. The van der Waals surface area contributed by atoms with Gasteiger partial charge >= 0.3 is 0 Å². The summed E-state index contributed by atoms with van der Waals surface area (Å²) in [4.78, 5) is 0. The van der Waals surface area contributed by atoms with Crippen LogP contribution in [0.3, 0.4) is 0 Å². The topological polar surface area (TPSA) is 0 Å². The minimum absolute atomic E-state index is 1.32. The maximum atomic E-state index is 13.6. The van der Waals surface area contributed by atoms with Crippen LogP contribution in [0.1, 0.15) is 17.0 Å². The second-order valence-electron chi connectivity index (χ2n) is 4.93. The maximum absolute atomic E-state index is 13.6. The predicted octanol–water partition coefficient (Wildman–Crippen LogP) is 5.24. The fourth-order valence-corrected chi connectivity index (χ4v) is 2.16.